The standard InChI is InChI=1S/C18H26BF4N2O5S.K/c1-12-14(10-15(19(20,21)22)13(2)16(12)30-31(23,27)28)11-24-6-8-25(9-7-24)17(26)29-18(3,4)5;/h10H,6-9,11H2,1-5H3;/q-1;+1. The van der Waals surface area contributed by atoms with Crippen LogP contribution in [0.2, 0.25) is 0 Å². The molecule has 32 heavy (non-hydrogen) atoms. The van der Waals surface area contributed by atoms with Crippen molar-refractivity contribution in [1.29, 1.82) is 0 Å². The summed E-state index contributed by atoms with van der Waals surface area (Å²) in [5.74, 6) is -0.651. The van der Waals surface area contributed by atoms with E-state index in [1.807, 2.05) is 4.90 Å². The molecule has 14 heteroatoms. The van der Waals surface area contributed by atoms with Crippen LogP contribution in [0, 0.1) is 13.8 Å². The molecular weight excluding hydrogens is 482 g/mol. The van der Waals surface area contributed by atoms with Gasteiger partial charge in [0.25, 0.3) is 0 Å². The number of ether oxygens (including phenoxy) is 1. The fraction of sp³-hybridized carbons (Fsp3) is 0.611. The maximum atomic E-state index is 13.5. The number of carbonyl (C=O) groups is 1. The molecule has 0 saturated carbocycles. The number of benzene rings is 1. The van der Waals surface area contributed by atoms with Gasteiger partial charge in [-0.1, -0.05) is 9.95 Å². The van der Waals surface area contributed by atoms with E-state index >= 15 is 0 Å². The van der Waals surface area contributed by atoms with Crippen molar-refractivity contribution in [3.8, 4) is 5.75 Å². The fourth-order valence-corrected chi connectivity index (χ4v) is 3.80. The molecule has 0 spiro atoms. The fourth-order valence-electron chi connectivity index (χ4n) is 3.35. The second kappa shape index (κ2) is 10.9. The van der Waals surface area contributed by atoms with E-state index in [0.29, 0.717) is 26.2 Å². The van der Waals surface area contributed by atoms with Gasteiger partial charge >= 0.3 is 75.0 Å². The summed E-state index contributed by atoms with van der Waals surface area (Å²) in [7, 11) is -5.50. The Kier molecular flexibility index (Phi) is 10.1. The molecule has 1 heterocycles. The Balaban J connectivity index is 0.00000512. The number of hydrogen-bond acceptors (Lipinski definition) is 6. The van der Waals surface area contributed by atoms with Crippen LogP contribution in [0.5, 0.6) is 5.75 Å². The molecule has 0 atom stereocenters. The van der Waals surface area contributed by atoms with Crippen LogP contribution in [0.15, 0.2) is 6.07 Å². The minimum absolute atomic E-state index is 0. The predicted octanol–water partition coefficient (Wildman–Crippen LogP) is 0.00764. The van der Waals surface area contributed by atoms with Crippen LogP contribution >= 0.6 is 0 Å². The van der Waals surface area contributed by atoms with Crippen LogP contribution in [0.25, 0.3) is 0 Å². The van der Waals surface area contributed by atoms with Crippen molar-refractivity contribution in [2.75, 3.05) is 26.2 Å². The van der Waals surface area contributed by atoms with Crippen LogP contribution in [0.3, 0.4) is 0 Å². The van der Waals surface area contributed by atoms with E-state index in [1.54, 1.807) is 20.8 Å². The summed E-state index contributed by atoms with van der Waals surface area (Å²) in [4.78, 5) is 15.5. The second-order valence-corrected chi connectivity index (χ2v) is 9.45. The zero-order valence-electron chi connectivity index (χ0n) is 19.0. The normalized spacial score (nSPS) is 15.8. The van der Waals surface area contributed by atoms with Crippen molar-refractivity contribution in [3.63, 3.8) is 0 Å². The van der Waals surface area contributed by atoms with Gasteiger partial charge in [0, 0.05) is 32.7 Å². The van der Waals surface area contributed by atoms with Gasteiger partial charge in [-0.15, -0.1) is 5.46 Å². The third-order valence-corrected chi connectivity index (χ3v) is 5.24. The van der Waals surface area contributed by atoms with Crippen LogP contribution in [-0.2, 0) is 21.8 Å². The molecule has 1 fully saturated rings. The molecule has 0 unspecified atom stereocenters. The molecule has 1 amide bonds. The van der Waals surface area contributed by atoms with Gasteiger partial charge in [0.15, 0.2) is 0 Å². The molecule has 7 nitrogen and oxygen atoms in total. The average Bonchev–Trinajstić information content (AvgIpc) is 2.58. The van der Waals surface area contributed by atoms with Crippen molar-refractivity contribution >= 4 is 29.0 Å². The number of nitrogens with zero attached hydrogens (tertiary/aromatic N) is 2. The molecule has 1 aliphatic heterocycles. The van der Waals surface area contributed by atoms with Crippen molar-refractivity contribution in [3.05, 3.63) is 22.8 Å². The molecule has 1 saturated heterocycles. The number of halogens is 4. The zero-order valence-corrected chi connectivity index (χ0v) is 23.0. The average molecular weight is 508 g/mol. The molecule has 0 N–H and O–H groups in total. The summed E-state index contributed by atoms with van der Waals surface area (Å²) in [6.07, 6.45) is -0.468. The summed E-state index contributed by atoms with van der Waals surface area (Å²) in [6.45, 7) is 3.62. The minimum atomic E-state index is -5.50. The van der Waals surface area contributed by atoms with Crippen molar-refractivity contribution in [2.24, 2.45) is 0 Å². The summed E-state index contributed by atoms with van der Waals surface area (Å²) < 4.78 is 85.1. The molecule has 1 aliphatic rings. The first kappa shape index (κ1) is 29.7. The van der Waals surface area contributed by atoms with Gasteiger partial charge in [-0.2, -0.15) is 8.42 Å². The van der Waals surface area contributed by atoms with Gasteiger partial charge in [0.2, 0.25) is 0 Å². The molecular formula is C18H26BF4KN2O5S. The number of rotatable bonds is 5. The zero-order chi connectivity index (χ0) is 23.8. The topological polar surface area (TPSA) is 76.2 Å². The van der Waals surface area contributed by atoms with E-state index in [-0.39, 0.29) is 69.1 Å². The first-order valence-electron chi connectivity index (χ1n) is 9.65. The van der Waals surface area contributed by atoms with E-state index < -0.39 is 46.0 Å². The molecule has 0 aromatic heterocycles. The van der Waals surface area contributed by atoms with Gasteiger partial charge < -0.3 is 26.8 Å². The second-order valence-electron chi connectivity index (χ2n) is 8.50. The first-order valence-corrected chi connectivity index (χ1v) is 11.0. The van der Waals surface area contributed by atoms with Gasteiger partial charge in [0.05, 0.1) is 0 Å². The van der Waals surface area contributed by atoms with Crippen molar-refractivity contribution in [1.82, 2.24) is 9.80 Å². The van der Waals surface area contributed by atoms with Crippen LogP contribution in [0.1, 0.15) is 37.5 Å². The summed E-state index contributed by atoms with van der Waals surface area (Å²) in [5, 5.41) is 0. The summed E-state index contributed by atoms with van der Waals surface area (Å²) >= 11 is 0. The maximum absolute atomic E-state index is 13.5. The minimum Gasteiger partial charge on any atom is -0.445 e. The Hall–Kier alpha value is -0.379. The monoisotopic (exact) mass is 508 g/mol. The van der Waals surface area contributed by atoms with Gasteiger partial charge in [-0.3, -0.25) is 4.90 Å². The van der Waals surface area contributed by atoms with E-state index in [0.717, 1.165) is 13.0 Å². The van der Waals surface area contributed by atoms with E-state index in [9.17, 15) is 30.0 Å². The SMILES string of the molecule is Cc1c(CN2CCN(C(=O)OC(C)(C)C)CC2)cc([B-](F)(F)F)c(C)c1OS(=O)(=O)F.[K+]. The largest absolute Gasteiger partial charge is 1.00 e. The van der Waals surface area contributed by atoms with Gasteiger partial charge in [-0.05, 0) is 51.3 Å². The summed E-state index contributed by atoms with van der Waals surface area (Å²) in [5.41, 5.74) is -1.88. The Labute approximate surface area is 228 Å². The third-order valence-electron chi connectivity index (χ3n) is 4.88. The Morgan fingerprint density at radius 1 is 1.09 bits per heavy atom. The van der Waals surface area contributed by atoms with Gasteiger partial charge in [0.1, 0.15) is 11.4 Å². The molecule has 1 aromatic carbocycles. The molecule has 0 radical (unpaired) electrons. The van der Waals surface area contributed by atoms with Crippen LogP contribution in [0.4, 0.5) is 21.6 Å². The third kappa shape index (κ3) is 8.44. The summed E-state index contributed by atoms with van der Waals surface area (Å²) in [6, 6.07) is 0.947. The Morgan fingerprint density at radius 3 is 2.06 bits per heavy atom. The van der Waals surface area contributed by atoms with E-state index in [2.05, 4.69) is 4.18 Å². The van der Waals surface area contributed by atoms with Crippen LogP contribution in [-0.4, -0.2) is 63.1 Å². The number of amides is 1. The Bertz CT molecular complexity index is 946. The van der Waals surface area contributed by atoms with Gasteiger partial charge in [-0.25, -0.2) is 4.79 Å². The quantitative estimate of drug-likeness (QED) is 0.317. The molecule has 2 rings (SSSR count). The van der Waals surface area contributed by atoms with Crippen LogP contribution < -0.4 is 61.0 Å². The number of carbonyl (C=O) groups excluding carboxylic acids is 1. The maximum Gasteiger partial charge on any atom is 1.00 e. The first-order chi connectivity index (χ1) is 14.0. The van der Waals surface area contributed by atoms with Crippen molar-refractivity contribution in [2.45, 2.75) is 46.8 Å². The molecule has 1 aromatic rings. The predicted molar refractivity (Wildman–Crippen MR) is 108 cm³/mol. The Morgan fingerprint density at radius 2 is 1.62 bits per heavy atom. The number of piperazine rings is 1. The smallest absolute Gasteiger partial charge is 0.445 e. The molecule has 0 bridgehead atoms. The number of hydrogen-bond donors (Lipinski definition) is 0. The molecule has 176 valence electrons. The van der Waals surface area contributed by atoms with E-state index in [1.165, 1.54) is 11.8 Å². The van der Waals surface area contributed by atoms with E-state index in [4.69, 9.17) is 4.74 Å². The molecule has 0 aliphatic carbocycles. The van der Waals surface area contributed by atoms with Crippen molar-refractivity contribution < 1.29 is 90.3 Å².